The van der Waals surface area contributed by atoms with Crippen LogP contribution in [0.2, 0.25) is 0 Å². The molecule has 0 bridgehead atoms. The first kappa shape index (κ1) is 19.7. The lowest BCUT2D eigenvalue weighted by Gasteiger charge is -2.23. The summed E-state index contributed by atoms with van der Waals surface area (Å²) >= 11 is 0. The second-order valence-electron chi connectivity index (χ2n) is 5.00. The summed E-state index contributed by atoms with van der Waals surface area (Å²) in [6, 6.07) is 4.01. The van der Waals surface area contributed by atoms with Gasteiger partial charge in [-0.2, -0.15) is 0 Å². The molecule has 0 atom stereocenters. The third-order valence-electron chi connectivity index (χ3n) is 3.55. The number of ether oxygens (including phenoxy) is 2. The highest BCUT2D eigenvalue weighted by Crippen LogP contribution is 2.24. The maximum Gasteiger partial charge on any atom is 0.341 e. The van der Waals surface area contributed by atoms with E-state index < -0.39 is 16.0 Å². The van der Waals surface area contributed by atoms with Crippen molar-refractivity contribution < 1.29 is 22.7 Å². The summed E-state index contributed by atoms with van der Waals surface area (Å²) in [4.78, 5) is 11.7. The third-order valence-corrected chi connectivity index (χ3v) is 5.07. The van der Waals surface area contributed by atoms with E-state index in [9.17, 15) is 13.2 Å². The van der Waals surface area contributed by atoms with Crippen molar-refractivity contribution in [2.75, 3.05) is 27.3 Å². The smallest absolute Gasteiger partial charge is 0.341 e. The van der Waals surface area contributed by atoms with Crippen LogP contribution in [-0.2, 0) is 14.8 Å². The highest BCUT2D eigenvalue weighted by atomic mass is 35.5. The molecule has 1 aromatic rings. The summed E-state index contributed by atoms with van der Waals surface area (Å²) in [7, 11) is -1.02. The van der Waals surface area contributed by atoms with E-state index in [4.69, 9.17) is 4.74 Å². The Morgan fingerprint density at radius 3 is 2.48 bits per heavy atom. The predicted molar refractivity (Wildman–Crippen MR) is 87.8 cm³/mol. The van der Waals surface area contributed by atoms with Gasteiger partial charge < -0.3 is 14.8 Å². The molecule has 23 heavy (non-hydrogen) atoms. The van der Waals surface area contributed by atoms with E-state index in [1.807, 2.05) is 0 Å². The number of benzene rings is 1. The number of carbonyl (C=O) groups excluding carboxylic acids is 1. The predicted octanol–water partition coefficient (Wildman–Crippen LogP) is 0.934. The lowest BCUT2D eigenvalue weighted by molar-refractivity contribution is 0.0597. The molecule has 0 amide bonds. The number of sulfonamides is 1. The van der Waals surface area contributed by atoms with Gasteiger partial charge >= 0.3 is 5.97 Å². The average Bonchev–Trinajstić information content (AvgIpc) is 2.54. The van der Waals surface area contributed by atoms with Crippen molar-refractivity contribution in [3.05, 3.63) is 23.8 Å². The number of methoxy groups -OCH3 is 2. The molecule has 0 aliphatic carbocycles. The van der Waals surface area contributed by atoms with Gasteiger partial charge in [0.05, 0.1) is 19.1 Å². The van der Waals surface area contributed by atoms with Crippen LogP contribution in [0.4, 0.5) is 0 Å². The Morgan fingerprint density at radius 2 is 1.91 bits per heavy atom. The van der Waals surface area contributed by atoms with Crippen LogP contribution in [0.1, 0.15) is 23.2 Å². The van der Waals surface area contributed by atoms with Gasteiger partial charge in [-0.3, -0.25) is 0 Å². The van der Waals surface area contributed by atoms with Gasteiger partial charge in [0.15, 0.2) is 0 Å². The number of carbonyl (C=O) groups is 1. The zero-order chi connectivity index (χ0) is 16.2. The summed E-state index contributed by atoms with van der Waals surface area (Å²) in [5.41, 5.74) is 0.186. The largest absolute Gasteiger partial charge is 0.496 e. The Labute approximate surface area is 142 Å². The van der Waals surface area contributed by atoms with Gasteiger partial charge in [0.2, 0.25) is 10.0 Å². The van der Waals surface area contributed by atoms with E-state index in [0.717, 1.165) is 25.9 Å². The molecule has 2 rings (SSSR count). The number of esters is 1. The van der Waals surface area contributed by atoms with E-state index in [1.165, 1.54) is 32.4 Å². The quantitative estimate of drug-likeness (QED) is 0.755. The first-order valence-corrected chi connectivity index (χ1v) is 8.45. The Hall–Kier alpha value is -1.35. The van der Waals surface area contributed by atoms with Crippen LogP contribution in [0.25, 0.3) is 0 Å². The number of hydrogen-bond acceptors (Lipinski definition) is 6. The van der Waals surface area contributed by atoms with Crippen molar-refractivity contribution in [3.63, 3.8) is 0 Å². The fourth-order valence-electron chi connectivity index (χ4n) is 2.34. The molecule has 0 saturated carbocycles. The summed E-state index contributed by atoms with van der Waals surface area (Å²) in [5.74, 6) is -0.410. The molecule has 1 aliphatic heterocycles. The molecule has 7 nitrogen and oxygen atoms in total. The molecule has 0 aromatic heterocycles. The number of hydrogen-bond donors (Lipinski definition) is 2. The Bertz CT molecular complexity index is 645. The fraction of sp³-hybridized carbons (Fsp3) is 0.500. The lowest BCUT2D eigenvalue weighted by atomic mass is 10.1. The van der Waals surface area contributed by atoms with Crippen LogP contribution in [0.3, 0.4) is 0 Å². The minimum absolute atomic E-state index is 0. The number of halogens is 1. The number of rotatable bonds is 5. The van der Waals surface area contributed by atoms with Crippen molar-refractivity contribution >= 4 is 28.4 Å². The van der Waals surface area contributed by atoms with Crippen LogP contribution in [-0.4, -0.2) is 47.7 Å². The summed E-state index contributed by atoms with van der Waals surface area (Å²) < 4.78 is 37.2. The van der Waals surface area contributed by atoms with Crippen LogP contribution in [0.15, 0.2) is 23.1 Å². The summed E-state index contributed by atoms with van der Waals surface area (Å²) in [5, 5.41) is 3.18. The molecule has 9 heteroatoms. The van der Waals surface area contributed by atoms with Crippen molar-refractivity contribution in [1.29, 1.82) is 0 Å². The maximum absolute atomic E-state index is 12.4. The topological polar surface area (TPSA) is 93.7 Å². The first-order chi connectivity index (χ1) is 10.5. The third kappa shape index (κ3) is 4.81. The van der Waals surface area contributed by atoms with Crippen molar-refractivity contribution in [1.82, 2.24) is 10.0 Å². The van der Waals surface area contributed by atoms with E-state index in [-0.39, 0.29) is 34.7 Å². The van der Waals surface area contributed by atoms with Crippen LogP contribution in [0.5, 0.6) is 5.75 Å². The van der Waals surface area contributed by atoms with Gasteiger partial charge in [-0.1, -0.05) is 0 Å². The molecular weight excluding hydrogens is 344 g/mol. The van der Waals surface area contributed by atoms with Gasteiger partial charge in [0, 0.05) is 12.1 Å². The molecule has 1 aliphatic rings. The minimum Gasteiger partial charge on any atom is -0.496 e. The zero-order valence-corrected chi connectivity index (χ0v) is 14.6. The summed E-state index contributed by atoms with van der Waals surface area (Å²) in [6.45, 7) is 1.58. The average molecular weight is 365 g/mol. The molecule has 1 aromatic carbocycles. The van der Waals surface area contributed by atoms with E-state index in [2.05, 4.69) is 14.8 Å². The molecule has 1 saturated heterocycles. The first-order valence-electron chi connectivity index (χ1n) is 6.97. The Morgan fingerprint density at radius 1 is 1.26 bits per heavy atom. The molecule has 1 heterocycles. The second-order valence-corrected chi connectivity index (χ2v) is 6.71. The van der Waals surface area contributed by atoms with Crippen LogP contribution >= 0.6 is 12.4 Å². The summed E-state index contributed by atoms with van der Waals surface area (Å²) in [6.07, 6.45) is 1.49. The monoisotopic (exact) mass is 364 g/mol. The molecule has 130 valence electrons. The van der Waals surface area contributed by atoms with Crippen molar-refractivity contribution in [3.8, 4) is 5.75 Å². The Kier molecular flexibility index (Phi) is 7.27. The van der Waals surface area contributed by atoms with Crippen molar-refractivity contribution in [2.24, 2.45) is 0 Å². The van der Waals surface area contributed by atoms with E-state index in [1.54, 1.807) is 0 Å². The zero-order valence-electron chi connectivity index (χ0n) is 13.0. The van der Waals surface area contributed by atoms with E-state index in [0.29, 0.717) is 0 Å². The number of nitrogens with one attached hydrogen (secondary N) is 2. The highest BCUT2D eigenvalue weighted by Gasteiger charge is 2.23. The highest BCUT2D eigenvalue weighted by molar-refractivity contribution is 7.89. The van der Waals surface area contributed by atoms with Crippen LogP contribution < -0.4 is 14.8 Å². The molecular formula is C14H21ClN2O5S. The minimum atomic E-state index is -3.65. The Balaban J connectivity index is 0.00000264. The molecule has 0 radical (unpaired) electrons. The SMILES string of the molecule is COC(=O)c1ccc(S(=O)(=O)NC2CCNCC2)cc1OC.Cl. The number of piperidine rings is 1. The molecule has 0 spiro atoms. The van der Waals surface area contributed by atoms with Crippen molar-refractivity contribution in [2.45, 2.75) is 23.8 Å². The molecule has 1 fully saturated rings. The lowest BCUT2D eigenvalue weighted by Crippen LogP contribution is -2.42. The maximum atomic E-state index is 12.4. The van der Waals surface area contributed by atoms with Gasteiger partial charge in [-0.15, -0.1) is 12.4 Å². The van der Waals surface area contributed by atoms with Gasteiger partial charge in [0.1, 0.15) is 11.3 Å². The second kappa shape index (κ2) is 8.49. The van der Waals surface area contributed by atoms with Gasteiger partial charge in [0.25, 0.3) is 0 Å². The standard InChI is InChI=1S/C14H20N2O5S.ClH/c1-20-13-9-11(3-4-12(13)14(17)21-2)22(18,19)16-10-5-7-15-8-6-10;/h3-4,9-10,15-16H,5-8H2,1-2H3;1H. The molecule has 2 N–H and O–H groups in total. The van der Waals surface area contributed by atoms with Crippen LogP contribution in [0, 0.1) is 0 Å². The molecule has 0 unspecified atom stereocenters. The normalized spacial score (nSPS) is 15.6. The van der Waals surface area contributed by atoms with Gasteiger partial charge in [-0.25, -0.2) is 17.9 Å². The van der Waals surface area contributed by atoms with E-state index >= 15 is 0 Å². The fourth-order valence-corrected chi connectivity index (χ4v) is 3.66. The van der Waals surface area contributed by atoms with Gasteiger partial charge in [-0.05, 0) is 38.1 Å².